The Morgan fingerprint density at radius 1 is 1.09 bits per heavy atom. The number of hydrogen-bond donors (Lipinski definition) is 3. The van der Waals surface area contributed by atoms with Crippen molar-refractivity contribution in [1.29, 1.82) is 0 Å². The summed E-state index contributed by atoms with van der Waals surface area (Å²) in [5.74, 6) is 2.37. The Bertz CT molecular complexity index is 339. The minimum absolute atomic E-state index is 0. The van der Waals surface area contributed by atoms with Crippen LogP contribution in [0.2, 0.25) is 0 Å². The number of aliphatic imine (C=N–C) groups is 1. The van der Waals surface area contributed by atoms with E-state index in [0.717, 1.165) is 24.3 Å². The zero-order chi connectivity index (χ0) is 15.7. The van der Waals surface area contributed by atoms with E-state index in [1.54, 1.807) is 0 Å². The van der Waals surface area contributed by atoms with Crippen molar-refractivity contribution in [2.45, 2.75) is 59.4 Å². The van der Waals surface area contributed by atoms with Gasteiger partial charge < -0.3 is 16.0 Å². The Labute approximate surface area is 152 Å². The lowest BCUT2D eigenvalue weighted by Crippen LogP contribution is -2.45. The molecular formula is C16H33IN4O. The second-order valence-electron chi connectivity index (χ2n) is 6.15. The van der Waals surface area contributed by atoms with E-state index < -0.39 is 0 Å². The van der Waals surface area contributed by atoms with Gasteiger partial charge in [-0.3, -0.25) is 4.79 Å². The van der Waals surface area contributed by atoms with Crippen LogP contribution in [0.15, 0.2) is 4.99 Å². The molecule has 1 aliphatic carbocycles. The number of nitrogens with zero attached hydrogens (tertiary/aromatic N) is 1. The largest absolute Gasteiger partial charge is 0.357 e. The summed E-state index contributed by atoms with van der Waals surface area (Å²) >= 11 is 0. The fourth-order valence-electron chi connectivity index (χ4n) is 2.85. The van der Waals surface area contributed by atoms with Gasteiger partial charge in [0.2, 0.25) is 5.91 Å². The van der Waals surface area contributed by atoms with Crippen molar-refractivity contribution in [2.75, 3.05) is 19.6 Å². The summed E-state index contributed by atoms with van der Waals surface area (Å²) in [4.78, 5) is 15.9. The highest BCUT2D eigenvalue weighted by Gasteiger charge is 2.23. The molecule has 0 radical (unpaired) electrons. The summed E-state index contributed by atoms with van der Waals surface area (Å²) in [7, 11) is 0. The molecule has 0 atom stereocenters. The molecule has 6 heteroatoms. The Balaban J connectivity index is 0.00000441. The lowest BCUT2D eigenvalue weighted by atomic mass is 9.80. The van der Waals surface area contributed by atoms with Gasteiger partial charge in [0, 0.05) is 19.1 Å². The molecule has 0 aromatic heterocycles. The molecule has 1 saturated carbocycles. The summed E-state index contributed by atoms with van der Waals surface area (Å²) in [5, 5.41) is 9.46. The van der Waals surface area contributed by atoms with Gasteiger partial charge in [-0.2, -0.15) is 0 Å². The minimum Gasteiger partial charge on any atom is -0.357 e. The highest BCUT2D eigenvalue weighted by molar-refractivity contribution is 14.0. The molecule has 0 saturated heterocycles. The third kappa shape index (κ3) is 8.19. The zero-order valence-corrected chi connectivity index (χ0v) is 16.8. The summed E-state index contributed by atoms with van der Waals surface area (Å²) in [5.41, 5.74) is 0. The van der Waals surface area contributed by atoms with Gasteiger partial charge in [0.25, 0.3) is 0 Å². The van der Waals surface area contributed by atoms with Crippen LogP contribution in [0.1, 0.15) is 53.4 Å². The third-order valence-corrected chi connectivity index (χ3v) is 4.15. The highest BCUT2D eigenvalue weighted by atomic mass is 127. The van der Waals surface area contributed by atoms with Crippen molar-refractivity contribution in [3.05, 3.63) is 0 Å². The van der Waals surface area contributed by atoms with Crippen LogP contribution in [0.25, 0.3) is 0 Å². The molecule has 1 rings (SSSR count). The molecular weight excluding hydrogens is 391 g/mol. The second-order valence-corrected chi connectivity index (χ2v) is 6.15. The van der Waals surface area contributed by atoms with Crippen LogP contribution in [0.3, 0.4) is 0 Å². The first kappa shape index (κ1) is 21.5. The van der Waals surface area contributed by atoms with Crippen molar-refractivity contribution >= 4 is 35.8 Å². The zero-order valence-electron chi connectivity index (χ0n) is 14.4. The number of carbonyl (C=O) groups excluding carboxylic acids is 1. The van der Waals surface area contributed by atoms with Crippen LogP contribution in [-0.2, 0) is 4.79 Å². The first-order valence-electron chi connectivity index (χ1n) is 8.38. The van der Waals surface area contributed by atoms with E-state index in [4.69, 9.17) is 0 Å². The summed E-state index contributed by atoms with van der Waals surface area (Å²) in [6.07, 6.45) is 4.94. The smallest absolute Gasteiger partial charge is 0.241 e. The minimum atomic E-state index is -0.0294. The van der Waals surface area contributed by atoms with Crippen LogP contribution >= 0.6 is 24.0 Å². The lowest BCUT2D eigenvalue weighted by molar-refractivity contribution is -0.119. The molecule has 0 spiro atoms. The molecule has 0 bridgehead atoms. The Kier molecular flexibility index (Phi) is 11.7. The maximum absolute atomic E-state index is 11.5. The Morgan fingerprint density at radius 2 is 1.68 bits per heavy atom. The quantitative estimate of drug-likeness (QED) is 0.349. The third-order valence-electron chi connectivity index (χ3n) is 4.15. The number of hydrogen-bond acceptors (Lipinski definition) is 2. The Hall–Kier alpha value is -0.530. The van der Waals surface area contributed by atoms with Crippen LogP contribution in [-0.4, -0.2) is 37.5 Å². The van der Waals surface area contributed by atoms with Crippen LogP contribution in [0, 0.1) is 11.8 Å². The molecule has 0 unspecified atom stereocenters. The average Bonchev–Trinajstić information content (AvgIpc) is 2.46. The second kappa shape index (κ2) is 12.0. The van der Waals surface area contributed by atoms with Crippen molar-refractivity contribution in [2.24, 2.45) is 16.8 Å². The van der Waals surface area contributed by atoms with Crippen LogP contribution in [0.4, 0.5) is 0 Å². The number of halogens is 1. The van der Waals surface area contributed by atoms with Crippen LogP contribution < -0.4 is 16.0 Å². The fraction of sp³-hybridized carbons (Fsp3) is 0.875. The van der Waals surface area contributed by atoms with Gasteiger partial charge >= 0.3 is 0 Å². The molecule has 1 amide bonds. The summed E-state index contributed by atoms with van der Waals surface area (Å²) in [6, 6.07) is 0.479. The predicted molar refractivity (Wildman–Crippen MR) is 104 cm³/mol. The maximum atomic E-state index is 11.5. The summed E-state index contributed by atoms with van der Waals surface area (Å²) < 4.78 is 0. The molecule has 0 aliphatic heterocycles. The van der Waals surface area contributed by atoms with Crippen molar-refractivity contribution in [3.8, 4) is 0 Å². The number of guanidine groups is 1. The number of carbonyl (C=O) groups is 1. The summed E-state index contributed by atoms with van der Waals surface area (Å²) in [6.45, 7) is 10.2. The van der Waals surface area contributed by atoms with Crippen molar-refractivity contribution < 1.29 is 4.79 Å². The van der Waals surface area contributed by atoms with Crippen molar-refractivity contribution in [1.82, 2.24) is 16.0 Å². The van der Waals surface area contributed by atoms with Gasteiger partial charge in [-0.1, -0.05) is 13.8 Å². The van der Waals surface area contributed by atoms with Gasteiger partial charge in [-0.15, -0.1) is 24.0 Å². The van der Waals surface area contributed by atoms with Crippen LogP contribution in [0.5, 0.6) is 0 Å². The molecule has 0 aromatic carbocycles. The topological polar surface area (TPSA) is 65.5 Å². The predicted octanol–water partition coefficient (Wildman–Crippen LogP) is 2.51. The van der Waals surface area contributed by atoms with E-state index in [2.05, 4.69) is 34.8 Å². The van der Waals surface area contributed by atoms with Gasteiger partial charge in [0.15, 0.2) is 5.96 Å². The van der Waals surface area contributed by atoms with Crippen molar-refractivity contribution in [3.63, 3.8) is 0 Å². The lowest BCUT2D eigenvalue weighted by Gasteiger charge is -2.32. The molecule has 0 aromatic rings. The van der Waals surface area contributed by atoms with E-state index >= 15 is 0 Å². The van der Waals surface area contributed by atoms with E-state index in [9.17, 15) is 4.79 Å². The average molecular weight is 424 g/mol. The number of nitrogens with one attached hydrogen (secondary N) is 3. The molecule has 0 heterocycles. The Morgan fingerprint density at radius 3 is 2.18 bits per heavy atom. The molecule has 3 N–H and O–H groups in total. The molecule has 130 valence electrons. The first-order valence-corrected chi connectivity index (χ1v) is 8.38. The molecule has 5 nitrogen and oxygen atoms in total. The first-order chi connectivity index (χ1) is 10.1. The number of rotatable bonds is 6. The van der Waals surface area contributed by atoms with E-state index in [1.165, 1.54) is 25.7 Å². The van der Waals surface area contributed by atoms with E-state index in [1.807, 2.05) is 13.8 Å². The number of likely N-dealkylation sites (N-methyl/N-ethyl adjacent to an activating group) is 1. The van der Waals surface area contributed by atoms with Gasteiger partial charge in [-0.05, 0) is 51.4 Å². The van der Waals surface area contributed by atoms with Gasteiger partial charge in [-0.25, -0.2) is 4.99 Å². The maximum Gasteiger partial charge on any atom is 0.241 e. The van der Waals surface area contributed by atoms with E-state index in [-0.39, 0.29) is 36.4 Å². The SMILES string of the molecule is CCNC(=O)CN=C(NCC)NC1CCC(C(C)C)CC1.I. The van der Waals surface area contributed by atoms with Gasteiger partial charge in [0.05, 0.1) is 0 Å². The monoisotopic (exact) mass is 424 g/mol. The molecule has 1 fully saturated rings. The van der Waals surface area contributed by atoms with E-state index in [0.29, 0.717) is 12.6 Å². The normalized spacial score (nSPS) is 22.0. The number of amides is 1. The van der Waals surface area contributed by atoms with Gasteiger partial charge in [0.1, 0.15) is 6.54 Å². The fourth-order valence-corrected chi connectivity index (χ4v) is 2.85. The highest BCUT2D eigenvalue weighted by Crippen LogP contribution is 2.29. The molecule has 1 aliphatic rings. The standard InChI is InChI=1S/C16H32N4O.HI/c1-5-17-15(21)11-19-16(18-6-2)20-14-9-7-13(8-10-14)12(3)4;/h12-14H,5-11H2,1-4H3,(H,17,21)(H2,18,19,20);1H. The molecule has 22 heavy (non-hydrogen) atoms.